The molecule has 3 rings (SSSR count). The summed E-state index contributed by atoms with van der Waals surface area (Å²) in [6.45, 7) is 2.53. The highest BCUT2D eigenvalue weighted by Crippen LogP contribution is 2.27. The second kappa shape index (κ2) is 7.99. The zero-order valence-electron chi connectivity index (χ0n) is 14.9. The molecule has 1 aliphatic heterocycles. The van der Waals surface area contributed by atoms with Crippen LogP contribution >= 0.6 is 0 Å². The molecule has 2 N–H and O–H groups in total. The summed E-state index contributed by atoms with van der Waals surface area (Å²) in [5.74, 6) is -2.09. The van der Waals surface area contributed by atoms with Gasteiger partial charge in [-0.05, 0) is 61.7 Å². The first-order chi connectivity index (χ1) is 12.9. The van der Waals surface area contributed by atoms with Gasteiger partial charge in [-0.15, -0.1) is 0 Å². The van der Waals surface area contributed by atoms with E-state index in [9.17, 15) is 18.8 Å². The Morgan fingerprint density at radius 1 is 0.963 bits per heavy atom. The van der Waals surface area contributed by atoms with E-state index in [2.05, 4.69) is 10.6 Å². The summed E-state index contributed by atoms with van der Waals surface area (Å²) in [6, 6.07) is 10.3. The number of halogens is 1. The standard InChI is InChI=1S/C20H20FN3O3/c1-13-5-8-16(12-17(13)24-11-3-2-4-18(24)25)23-20(27)19(26)22-15-9-6-14(21)7-10-15/h5-10,12H,2-4,11H2,1H3,(H,22,26)(H,23,27). The summed E-state index contributed by atoms with van der Waals surface area (Å²) in [4.78, 5) is 38.0. The van der Waals surface area contributed by atoms with Crippen LogP contribution in [-0.2, 0) is 14.4 Å². The summed E-state index contributed by atoms with van der Waals surface area (Å²) in [5, 5.41) is 4.94. The fraction of sp³-hybridized carbons (Fsp3) is 0.250. The van der Waals surface area contributed by atoms with E-state index < -0.39 is 17.6 Å². The maximum Gasteiger partial charge on any atom is 0.314 e. The van der Waals surface area contributed by atoms with Gasteiger partial charge in [0.1, 0.15) is 5.82 Å². The number of benzene rings is 2. The first kappa shape index (κ1) is 18.6. The molecule has 0 bridgehead atoms. The van der Waals surface area contributed by atoms with Gasteiger partial charge in [0.15, 0.2) is 0 Å². The van der Waals surface area contributed by atoms with Crippen molar-refractivity contribution in [3.05, 3.63) is 53.8 Å². The fourth-order valence-electron chi connectivity index (χ4n) is 2.95. The molecule has 0 spiro atoms. The monoisotopic (exact) mass is 369 g/mol. The lowest BCUT2D eigenvalue weighted by Gasteiger charge is -2.28. The summed E-state index contributed by atoms with van der Waals surface area (Å²) < 4.78 is 12.9. The first-order valence-corrected chi connectivity index (χ1v) is 8.73. The van der Waals surface area contributed by atoms with Crippen LogP contribution in [0.4, 0.5) is 21.5 Å². The molecule has 0 atom stereocenters. The number of piperidine rings is 1. The lowest BCUT2D eigenvalue weighted by molar-refractivity contribution is -0.132. The lowest BCUT2D eigenvalue weighted by atomic mass is 10.1. The molecule has 140 valence electrons. The molecule has 2 aromatic carbocycles. The smallest absolute Gasteiger partial charge is 0.314 e. The van der Waals surface area contributed by atoms with Crippen LogP contribution in [0.15, 0.2) is 42.5 Å². The number of nitrogens with one attached hydrogen (secondary N) is 2. The molecule has 3 amide bonds. The number of aryl methyl sites for hydroxylation is 1. The SMILES string of the molecule is Cc1ccc(NC(=O)C(=O)Nc2ccc(F)cc2)cc1N1CCCCC1=O. The zero-order valence-corrected chi connectivity index (χ0v) is 14.9. The van der Waals surface area contributed by atoms with Gasteiger partial charge < -0.3 is 15.5 Å². The van der Waals surface area contributed by atoms with Crippen LogP contribution in [0.25, 0.3) is 0 Å². The number of hydrogen-bond acceptors (Lipinski definition) is 3. The molecule has 2 aromatic rings. The van der Waals surface area contributed by atoms with Crippen molar-refractivity contribution in [2.24, 2.45) is 0 Å². The van der Waals surface area contributed by atoms with Crippen LogP contribution in [0.1, 0.15) is 24.8 Å². The normalized spacial score (nSPS) is 14.0. The highest BCUT2D eigenvalue weighted by molar-refractivity contribution is 6.43. The van der Waals surface area contributed by atoms with Gasteiger partial charge in [-0.2, -0.15) is 0 Å². The summed E-state index contributed by atoms with van der Waals surface area (Å²) in [7, 11) is 0. The van der Waals surface area contributed by atoms with E-state index in [1.807, 2.05) is 6.92 Å². The predicted octanol–water partition coefficient (Wildman–Crippen LogP) is 3.23. The average molecular weight is 369 g/mol. The Kier molecular flexibility index (Phi) is 5.49. The molecule has 1 aliphatic rings. The van der Waals surface area contributed by atoms with E-state index in [4.69, 9.17) is 0 Å². The maximum atomic E-state index is 12.9. The van der Waals surface area contributed by atoms with Crippen molar-refractivity contribution in [2.75, 3.05) is 22.1 Å². The third kappa shape index (κ3) is 4.49. The molecule has 0 aliphatic carbocycles. The van der Waals surface area contributed by atoms with Gasteiger partial charge in [0.2, 0.25) is 5.91 Å². The molecular weight excluding hydrogens is 349 g/mol. The lowest BCUT2D eigenvalue weighted by Crippen LogP contribution is -2.35. The summed E-state index contributed by atoms with van der Waals surface area (Å²) in [6.07, 6.45) is 2.33. The molecular formula is C20H20FN3O3. The van der Waals surface area contributed by atoms with Crippen LogP contribution in [0.3, 0.4) is 0 Å². The zero-order chi connectivity index (χ0) is 19.4. The number of anilines is 3. The summed E-state index contributed by atoms with van der Waals surface area (Å²) in [5.41, 5.74) is 2.39. The second-order valence-electron chi connectivity index (χ2n) is 6.42. The highest BCUT2D eigenvalue weighted by atomic mass is 19.1. The molecule has 1 saturated heterocycles. The Labute approximate surface area is 156 Å². The van der Waals surface area contributed by atoms with Crippen LogP contribution in [0, 0.1) is 12.7 Å². The number of amides is 3. The molecule has 1 heterocycles. The quantitative estimate of drug-likeness (QED) is 0.816. The minimum absolute atomic E-state index is 0.0573. The van der Waals surface area contributed by atoms with E-state index in [1.54, 1.807) is 23.1 Å². The van der Waals surface area contributed by atoms with E-state index in [1.165, 1.54) is 24.3 Å². The molecule has 27 heavy (non-hydrogen) atoms. The topological polar surface area (TPSA) is 78.5 Å². The molecule has 0 saturated carbocycles. The third-order valence-corrected chi connectivity index (χ3v) is 4.39. The number of hydrogen-bond donors (Lipinski definition) is 2. The predicted molar refractivity (Wildman–Crippen MR) is 101 cm³/mol. The van der Waals surface area contributed by atoms with Crippen LogP contribution in [0.5, 0.6) is 0 Å². The number of carbonyl (C=O) groups excluding carboxylic acids is 3. The largest absolute Gasteiger partial charge is 0.318 e. The van der Waals surface area contributed by atoms with Gasteiger partial charge in [0.05, 0.1) is 0 Å². The summed E-state index contributed by atoms with van der Waals surface area (Å²) >= 11 is 0. The number of nitrogens with zero attached hydrogens (tertiary/aromatic N) is 1. The molecule has 7 heteroatoms. The van der Waals surface area contributed by atoms with Crippen LogP contribution < -0.4 is 15.5 Å². The van der Waals surface area contributed by atoms with Gasteiger partial charge in [-0.25, -0.2) is 4.39 Å². The van der Waals surface area contributed by atoms with Crippen molar-refractivity contribution in [3.8, 4) is 0 Å². The van der Waals surface area contributed by atoms with Gasteiger partial charge in [0.25, 0.3) is 0 Å². The van der Waals surface area contributed by atoms with E-state index in [0.717, 1.165) is 24.1 Å². The first-order valence-electron chi connectivity index (χ1n) is 8.73. The average Bonchev–Trinajstić information content (AvgIpc) is 2.65. The number of rotatable bonds is 3. The Bertz CT molecular complexity index is 881. The Morgan fingerprint density at radius 3 is 2.26 bits per heavy atom. The van der Waals surface area contributed by atoms with E-state index in [-0.39, 0.29) is 5.91 Å². The van der Waals surface area contributed by atoms with Crippen molar-refractivity contribution in [3.63, 3.8) is 0 Å². The van der Waals surface area contributed by atoms with E-state index in [0.29, 0.717) is 24.3 Å². The molecule has 1 fully saturated rings. The van der Waals surface area contributed by atoms with Crippen molar-refractivity contribution in [1.29, 1.82) is 0 Å². The minimum atomic E-state index is -0.863. The van der Waals surface area contributed by atoms with E-state index >= 15 is 0 Å². The van der Waals surface area contributed by atoms with Gasteiger partial charge >= 0.3 is 11.8 Å². The maximum absolute atomic E-state index is 12.9. The van der Waals surface area contributed by atoms with Gasteiger partial charge in [0, 0.05) is 30.0 Å². The number of carbonyl (C=O) groups is 3. The Morgan fingerprint density at radius 2 is 1.59 bits per heavy atom. The third-order valence-electron chi connectivity index (χ3n) is 4.39. The molecule has 0 unspecified atom stereocenters. The molecule has 0 aromatic heterocycles. The fourth-order valence-corrected chi connectivity index (χ4v) is 2.95. The van der Waals surface area contributed by atoms with Crippen LogP contribution in [0.2, 0.25) is 0 Å². The Hall–Kier alpha value is -3.22. The highest BCUT2D eigenvalue weighted by Gasteiger charge is 2.22. The molecule has 6 nitrogen and oxygen atoms in total. The van der Waals surface area contributed by atoms with Gasteiger partial charge in [-0.3, -0.25) is 14.4 Å². The molecule has 0 radical (unpaired) electrons. The van der Waals surface area contributed by atoms with Crippen molar-refractivity contribution < 1.29 is 18.8 Å². The van der Waals surface area contributed by atoms with Crippen molar-refractivity contribution in [1.82, 2.24) is 0 Å². The Balaban J connectivity index is 1.70. The second-order valence-corrected chi connectivity index (χ2v) is 6.42. The van der Waals surface area contributed by atoms with Crippen LogP contribution in [-0.4, -0.2) is 24.3 Å². The van der Waals surface area contributed by atoms with Gasteiger partial charge in [-0.1, -0.05) is 6.07 Å². The van der Waals surface area contributed by atoms with Crippen molar-refractivity contribution >= 4 is 34.8 Å². The minimum Gasteiger partial charge on any atom is -0.318 e. The van der Waals surface area contributed by atoms with Crippen molar-refractivity contribution in [2.45, 2.75) is 26.2 Å².